The molecular formula is C11H15NO4. The number of aliphatic carboxylic acids is 1. The van der Waals surface area contributed by atoms with E-state index < -0.39 is 5.97 Å². The topological polar surface area (TPSA) is 83.5 Å². The number of amides is 2. The maximum Gasteiger partial charge on any atom is 0.303 e. The third-order valence-electron chi connectivity index (χ3n) is 2.57. The van der Waals surface area contributed by atoms with Crippen molar-refractivity contribution >= 4 is 17.8 Å². The number of hydrogen-bond donors (Lipinski definition) is 2. The summed E-state index contributed by atoms with van der Waals surface area (Å²) in [4.78, 5) is 33.0. The summed E-state index contributed by atoms with van der Waals surface area (Å²) in [6.07, 6.45) is 3.13. The van der Waals surface area contributed by atoms with Crippen LogP contribution in [0.3, 0.4) is 0 Å². The number of carboxylic acid groups (broad SMARTS) is 1. The summed E-state index contributed by atoms with van der Waals surface area (Å²) < 4.78 is 0. The number of rotatable bonds is 3. The number of carbonyl (C=O) groups excluding carboxylic acids is 2. The second-order valence-corrected chi connectivity index (χ2v) is 3.96. The maximum absolute atomic E-state index is 11.3. The molecule has 1 atom stereocenters. The average molecular weight is 225 g/mol. The molecule has 0 aromatic carbocycles. The second-order valence-electron chi connectivity index (χ2n) is 3.96. The highest BCUT2D eigenvalue weighted by Crippen LogP contribution is 2.19. The number of hydrogen-bond acceptors (Lipinski definition) is 3. The second kappa shape index (κ2) is 5.44. The van der Waals surface area contributed by atoms with Gasteiger partial charge in [-0.2, -0.15) is 0 Å². The van der Waals surface area contributed by atoms with Crippen LogP contribution in [0, 0.1) is 5.92 Å². The van der Waals surface area contributed by atoms with E-state index in [1.54, 1.807) is 13.0 Å². The molecule has 1 aliphatic heterocycles. The summed E-state index contributed by atoms with van der Waals surface area (Å²) >= 11 is 0. The van der Waals surface area contributed by atoms with Crippen molar-refractivity contribution in [3.05, 3.63) is 11.6 Å². The third kappa shape index (κ3) is 3.84. The molecule has 0 aromatic heterocycles. The number of carboxylic acids is 1. The molecule has 2 amide bonds. The smallest absolute Gasteiger partial charge is 0.303 e. The zero-order valence-electron chi connectivity index (χ0n) is 9.16. The number of nitrogens with one attached hydrogen (secondary N) is 1. The molecule has 2 N–H and O–H groups in total. The maximum atomic E-state index is 11.3. The molecular weight excluding hydrogens is 210 g/mol. The van der Waals surface area contributed by atoms with Gasteiger partial charge in [0, 0.05) is 18.4 Å². The minimum atomic E-state index is -0.858. The summed E-state index contributed by atoms with van der Waals surface area (Å²) in [7, 11) is 0. The molecule has 1 rings (SSSR count). The lowest BCUT2D eigenvalue weighted by atomic mass is 9.93. The van der Waals surface area contributed by atoms with Gasteiger partial charge in [0.1, 0.15) is 0 Å². The van der Waals surface area contributed by atoms with Gasteiger partial charge in [0.25, 0.3) is 5.91 Å². The highest BCUT2D eigenvalue weighted by molar-refractivity contribution is 6.04. The molecule has 0 aromatic rings. The molecule has 0 spiro atoms. The Hall–Kier alpha value is -1.65. The van der Waals surface area contributed by atoms with Crippen molar-refractivity contribution in [2.45, 2.75) is 32.6 Å². The van der Waals surface area contributed by atoms with E-state index in [1.165, 1.54) is 0 Å². The molecule has 5 nitrogen and oxygen atoms in total. The molecule has 5 heteroatoms. The Morgan fingerprint density at radius 3 is 2.88 bits per heavy atom. The molecule has 1 aliphatic rings. The van der Waals surface area contributed by atoms with Gasteiger partial charge < -0.3 is 5.11 Å². The first kappa shape index (κ1) is 12.4. The van der Waals surface area contributed by atoms with E-state index in [0.29, 0.717) is 18.4 Å². The Morgan fingerprint density at radius 2 is 2.25 bits per heavy atom. The highest BCUT2D eigenvalue weighted by atomic mass is 16.4. The number of imide groups is 1. The van der Waals surface area contributed by atoms with Crippen LogP contribution in [0.15, 0.2) is 11.6 Å². The fraction of sp³-hybridized carbons (Fsp3) is 0.545. The van der Waals surface area contributed by atoms with Crippen LogP contribution in [0.25, 0.3) is 0 Å². The summed E-state index contributed by atoms with van der Waals surface area (Å²) in [6.45, 7) is 1.63. The number of carbonyl (C=O) groups is 3. The quantitative estimate of drug-likeness (QED) is 0.697. The minimum absolute atomic E-state index is 0.00824. The van der Waals surface area contributed by atoms with Gasteiger partial charge in [-0.1, -0.05) is 6.08 Å². The van der Waals surface area contributed by atoms with Crippen LogP contribution in [0.1, 0.15) is 32.6 Å². The molecule has 1 unspecified atom stereocenters. The molecule has 0 aliphatic carbocycles. The zero-order valence-corrected chi connectivity index (χ0v) is 9.16. The minimum Gasteiger partial charge on any atom is -0.481 e. The summed E-state index contributed by atoms with van der Waals surface area (Å²) in [5, 5.41) is 10.8. The lowest BCUT2D eigenvalue weighted by Crippen LogP contribution is -2.32. The molecule has 0 radical (unpaired) electrons. The van der Waals surface area contributed by atoms with Crippen LogP contribution >= 0.6 is 0 Å². The predicted molar refractivity (Wildman–Crippen MR) is 56.5 cm³/mol. The monoisotopic (exact) mass is 225 g/mol. The summed E-state index contributed by atoms with van der Waals surface area (Å²) in [5.41, 5.74) is 0.475. The van der Waals surface area contributed by atoms with Crippen molar-refractivity contribution in [3.63, 3.8) is 0 Å². The van der Waals surface area contributed by atoms with Crippen molar-refractivity contribution in [2.75, 3.05) is 0 Å². The van der Waals surface area contributed by atoms with Gasteiger partial charge in [-0.25, -0.2) is 0 Å². The molecule has 0 bridgehead atoms. The Bertz CT molecular complexity index is 346. The van der Waals surface area contributed by atoms with E-state index in [1.807, 2.05) is 0 Å². The van der Waals surface area contributed by atoms with Crippen molar-refractivity contribution in [2.24, 2.45) is 5.92 Å². The van der Waals surface area contributed by atoms with Gasteiger partial charge in [-0.3, -0.25) is 19.7 Å². The van der Waals surface area contributed by atoms with Gasteiger partial charge in [0.05, 0.1) is 0 Å². The lowest BCUT2D eigenvalue weighted by molar-refractivity contribution is -0.137. The SMILES string of the molecule is C/C1=C/C(CCC(=O)O)CCC(=O)NC1=O. The molecule has 88 valence electrons. The Morgan fingerprint density at radius 1 is 1.56 bits per heavy atom. The van der Waals surface area contributed by atoms with Crippen molar-refractivity contribution in [1.29, 1.82) is 0 Å². The third-order valence-corrected chi connectivity index (χ3v) is 2.57. The first-order valence-corrected chi connectivity index (χ1v) is 5.23. The zero-order chi connectivity index (χ0) is 12.1. The van der Waals surface area contributed by atoms with Crippen LogP contribution in [0.5, 0.6) is 0 Å². The Kier molecular flexibility index (Phi) is 4.22. The molecule has 16 heavy (non-hydrogen) atoms. The summed E-state index contributed by atoms with van der Waals surface area (Å²) in [5.74, 6) is -1.54. The van der Waals surface area contributed by atoms with Gasteiger partial charge in [0.2, 0.25) is 5.91 Å². The molecule has 0 saturated carbocycles. The van der Waals surface area contributed by atoms with Crippen LogP contribution < -0.4 is 5.32 Å². The fourth-order valence-corrected chi connectivity index (χ4v) is 1.65. The van der Waals surface area contributed by atoms with Crippen molar-refractivity contribution in [3.8, 4) is 0 Å². The first-order valence-electron chi connectivity index (χ1n) is 5.23. The van der Waals surface area contributed by atoms with Crippen LogP contribution in [-0.2, 0) is 14.4 Å². The lowest BCUT2D eigenvalue weighted by Gasteiger charge is -2.16. The van der Waals surface area contributed by atoms with Gasteiger partial charge in [0.15, 0.2) is 0 Å². The molecule has 0 fully saturated rings. The van der Waals surface area contributed by atoms with E-state index >= 15 is 0 Å². The van der Waals surface area contributed by atoms with Crippen LogP contribution in [-0.4, -0.2) is 22.9 Å². The highest BCUT2D eigenvalue weighted by Gasteiger charge is 2.18. The predicted octanol–water partition coefficient (Wildman–Crippen LogP) is 0.850. The molecule has 1 heterocycles. The standard InChI is InChI=1S/C11H15NO4/c1-7-6-8(3-5-10(14)15)2-4-9(13)12-11(7)16/h6,8H,2-5H2,1H3,(H,14,15)(H,12,13,16)/b7-6-. The normalized spacial score (nSPS) is 25.1. The van der Waals surface area contributed by atoms with Crippen molar-refractivity contribution in [1.82, 2.24) is 5.32 Å². The van der Waals surface area contributed by atoms with E-state index in [4.69, 9.17) is 5.11 Å². The van der Waals surface area contributed by atoms with Crippen molar-refractivity contribution < 1.29 is 19.5 Å². The summed E-state index contributed by atoms with van der Waals surface area (Å²) in [6, 6.07) is 0. The van der Waals surface area contributed by atoms with Crippen LogP contribution in [0.4, 0.5) is 0 Å². The van der Waals surface area contributed by atoms with E-state index in [9.17, 15) is 14.4 Å². The van der Waals surface area contributed by atoms with E-state index in [0.717, 1.165) is 0 Å². The van der Waals surface area contributed by atoms with Gasteiger partial charge in [-0.15, -0.1) is 0 Å². The number of allylic oxidation sites excluding steroid dienone is 1. The molecule has 0 saturated heterocycles. The largest absolute Gasteiger partial charge is 0.481 e. The van der Waals surface area contributed by atoms with Gasteiger partial charge in [-0.05, 0) is 25.7 Å². The van der Waals surface area contributed by atoms with E-state index in [2.05, 4.69) is 5.32 Å². The first-order chi connectivity index (χ1) is 7.49. The Balaban J connectivity index is 2.68. The van der Waals surface area contributed by atoms with E-state index in [-0.39, 0.29) is 30.6 Å². The van der Waals surface area contributed by atoms with Gasteiger partial charge >= 0.3 is 5.97 Å². The average Bonchev–Trinajstić information content (AvgIpc) is 2.20. The fourth-order valence-electron chi connectivity index (χ4n) is 1.65. The Labute approximate surface area is 93.5 Å². The van der Waals surface area contributed by atoms with Crippen LogP contribution in [0.2, 0.25) is 0 Å².